The first-order valence-electron chi connectivity index (χ1n) is 6.56. The fourth-order valence-corrected chi connectivity index (χ4v) is 2.39. The van der Waals surface area contributed by atoms with E-state index in [-0.39, 0.29) is 30.1 Å². The Hall–Kier alpha value is -0.820. The SMILES string of the molecule is I.NC(=NCC(O)C1CCCC1)Nc1ccccc1. The van der Waals surface area contributed by atoms with Crippen LogP contribution >= 0.6 is 24.0 Å². The number of guanidine groups is 1. The van der Waals surface area contributed by atoms with Crippen molar-refractivity contribution >= 4 is 35.6 Å². The highest BCUT2D eigenvalue weighted by atomic mass is 127. The first-order chi connectivity index (χ1) is 8.75. The second kappa shape index (κ2) is 8.37. The molecule has 0 saturated heterocycles. The highest BCUT2D eigenvalue weighted by molar-refractivity contribution is 14.0. The molecule has 5 heteroatoms. The van der Waals surface area contributed by atoms with E-state index in [0.29, 0.717) is 18.4 Å². The van der Waals surface area contributed by atoms with Crippen LogP contribution in [0.2, 0.25) is 0 Å². The fraction of sp³-hybridized carbons (Fsp3) is 0.500. The lowest BCUT2D eigenvalue weighted by atomic mass is 10.0. The van der Waals surface area contributed by atoms with E-state index in [1.807, 2.05) is 30.3 Å². The van der Waals surface area contributed by atoms with Crippen molar-refractivity contribution in [2.24, 2.45) is 16.6 Å². The number of benzene rings is 1. The number of hydrogen-bond donors (Lipinski definition) is 3. The summed E-state index contributed by atoms with van der Waals surface area (Å²) >= 11 is 0. The van der Waals surface area contributed by atoms with Crippen molar-refractivity contribution in [3.63, 3.8) is 0 Å². The Balaban J connectivity index is 0.00000180. The number of para-hydroxylation sites is 1. The largest absolute Gasteiger partial charge is 0.391 e. The van der Waals surface area contributed by atoms with Crippen LogP contribution in [-0.2, 0) is 0 Å². The summed E-state index contributed by atoms with van der Waals surface area (Å²) in [6.45, 7) is 0.385. The van der Waals surface area contributed by atoms with Crippen molar-refractivity contribution in [1.29, 1.82) is 0 Å². The van der Waals surface area contributed by atoms with Gasteiger partial charge in [-0.1, -0.05) is 31.0 Å². The first-order valence-corrected chi connectivity index (χ1v) is 6.56. The zero-order valence-corrected chi connectivity index (χ0v) is 13.3. The molecule has 1 aliphatic carbocycles. The molecule has 0 bridgehead atoms. The third kappa shape index (κ3) is 5.36. The summed E-state index contributed by atoms with van der Waals surface area (Å²) in [5.41, 5.74) is 6.69. The van der Waals surface area contributed by atoms with Crippen LogP contribution < -0.4 is 11.1 Å². The van der Waals surface area contributed by atoms with Crippen LogP contribution in [0.15, 0.2) is 35.3 Å². The van der Waals surface area contributed by atoms with Crippen LogP contribution in [0.3, 0.4) is 0 Å². The summed E-state index contributed by atoms with van der Waals surface area (Å²) < 4.78 is 0. The molecule has 1 fully saturated rings. The van der Waals surface area contributed by atoms with Gasteiger partial charge in [-0.15, -0.1) is 24.0 Å². The Morgan fingerprint density at radius 1 is 1.32 bits per heavy atom. The summed E-state index contributed by atoms with van der Waals surface area (Å²) in [7, 11) is 0. The molecule has 0 radical (unpaired) electrons. The number of nitrogens with zero attached hydrogens (tertiary/aromatic N) is 1. The molecule has 19 heavy (non-hydrogen) atoms. The van der Waals surface area contributed by atoms with Gasteiger partial charge < -0.3 is 16.2 Å². The van der Waals surface area contributed by atoms with E-state index in [9.17, 15) is 5.11 Å². The molecule has 106 valence electrons. The van der Waals surface area contributed by atoms with Crippen molar-refractivity contribution in [3.8, 4) is 0 Å². The second-order valence-electron chi connectivity index (χ2n) is 4.83. The van der Waals surface area contributed by atoms with Gasteiger partial charge in [0.05, 0.1) is 12.6 Å². The standard InChI is InChI=1S/C14H21N3O.HI/c15-14(17-12-8-2-1-3-9-12)16-10-13(18)11-6-4-5-7-11;/h1-3,8-9,11,13,18H,4-7,10H2,(H3,15,16,17);1H. The molecule has 0 spiro atoms. The van der Waals surface area contributed by atoms with Crippen molar-refractivity contribution in [1.82, 2.24) is 0 Å². The third-order valence-corrected chi connectivity index (χ3v) is 3.44. The van der Waals surface area contributed by atoms with Crippen LogP contribution in [0.1, 0.15) is 25.7 Å². The van der Waals surface area contributed by atoms with Crippen LogP contribution in [0.25, 0.3) is 0 Å². The zero-order valence-electron chi connectivity index (χ0n) is 11.0. The summed E-state index contributed by atoms with van der Waals surface area (Å²) in [5, 5.41) is 13.0. The van der Waals surface area contributed by atoms with Crippen LogP contribution in [-0.4, -0.2) is 23.7 Å². The van der Waals surface area contributed by atoms with Gasteiger partial charge in [0.15, 0.2) is 5.96 Å². The van der Waals surface area contributed by atoms with E-state index in [1.54, 1.807) is 0 Å². The van der Waals surface area contributed by atoms with E-state index in [1.165, 1.54) is 12.8 Å². The summed E-state index contributed by atoms with van der Waals surface area (Å²) in [6, 6.07) is 9.67. The minimum atomic E-state index is -0.358. The predicted octanol–water partition coefficient (Wildman–Crippen LogP) is 2.58. The maximum atomic E-state index is 9.97. The molecule has 0 amide bonds. The minimum absolute atomic E-state index is 0. The van der Waals surface area contributed by atoms with E-state index in [0.717, 1.165) is 18.5 Å². The summed E-state index contributed by atoms with van der Waals surface area (Å²) in [6.07, 6.45) is 4.32. The van der Waals surface area contributed by atoms with Gasteiger partial charge in [0.1, 0.15) is 0 Å². The maximum Gasteiger partial charge on any atom is 0.193 e. The molecule has 4 N–H and O–H groups in total. The quantitative estimate of drug-likeness (QED) is 0.430. The van der Waals surface area contributed by atoms with E-state index >= 15 is 0 Å². The smallest absolute Gasteiger partial charge is 0.193 e. The number of hydrogen-bond acceptors (Lipinski definition) is 2. The Morgan fingerprint density at radius 2 is 1.95 bits per heavy atom. The van der Waals surface area contributed by atoms with Gasteiger partial charge in [-0.3, -0.25) is 4.99 Å². The Bertz CT molecular complexity index is 391. The minimum Gasteiger partial charge on any atom is -0.391 e. The number of aliphatic hydroxyl groups excluding tert-OH is 1. The summed E-state index contributed by atoms with van der Waals surface area (Å²) in [4.78, 5) is 4.20. The zero-order chi connectivity index (χ0) is 12.8. The molecule has 2 rings (SSSR count). The van der Waals surface area contributed by atoms with E-state index in [2.05, 4.69) is 10.3 Å². The molecule has 1 aromatic carbocycles. The predicted molar refractivity (Wildman–Crippen MR) is 89.9 cm³/mol. The van der Waals surface area contributed by atoms with Gasteiger partial charge >= 0.3 is 0 Å². The number of nitrogens with two attached hydrogens (primary N) is 1. The van der Waals surface area contributed by atoms with E-state index in [4.69, 9.17) is 5.73 Å². The Kier molecular flexibility index (Phi) is 7.15. The van der Waals surface area contributed by atoms with Gasteiger partial charge in [-0.2, -0.15) is 0 Å². The maximum absolute atomic E-state index is 9.97. The van der Waals surface area contributed by atoms with Gasteiger partial charge in [-0.05, 0) is 30.9 Å². The summed E-state index contributed by atoms with van der Waals surface area (Å²) in [5.74, 6) is 0.761. The average molecular weight is 375 g/mol. The fourth-order valence-electron chi connectivity index (χ4n) is 2.39. The molecule has 0 heterocycles. The monoisotopic (exact) mass is 375 g/mol. The molecule has 1 atom stereocenters. The number of aliphatic imine (C=N–C) groups is 1. The lowest BCUT2D eigenvalue weighted by Crippen LogP contribution is -2.27. The van der Waals surface area contributed by atoms with Gasteiger partial charge in [0.2, 0.25) is 0 Å². The Labute approximate surface area is 131 Å². The average Bonchev–Trinajstić information content (AvgIpc) is 2.91. The number of aliphatic hydroxyl groups is 1. The molecule has 0 aliphatic heterocycles. The van der Waals surface area contributed by atoms with Gasteiger partial charge in [-0.25, -0.2) is 0 Å². The molecule has 1 aliphatic rings. The highest BCUT2D eigenvalue weighted by Gasteiger charge is 2.22. The van der Waals surface area contributed by atoms with Gasteiger partial charge in [0.25, 0.3) is 0 Å². The number of rotatable bonds is 4. The van der Waals surface area contributed by atoms with Crippen molar-refractivity contribution in [3.05, 3.63) is 30.3 Å². The first kappa shape index (κ1) is 16.2. The molecular formula is C14H22IN3O. The van der Waals surface area contributed by atoms with E-state index < -0.39 is 0 Å². The second-order valence-corrected chi connectivity index (χ2v) is 4.83. The number of anilines is 1. The van der Waals surface area contributed by atoms with Crippen LogP contribution in [0, 0.1) is 5.92 Å². The molecule has 4 nitrogen and oxygen atoms in total. The molecule has 1 aromatic rings. The molecule has 1 saturated carbocycles. The van der Waals surface area contributed by atoms with Crippen LogP contribution in [0.4, 0.5) is 5.69 Å². The normalized spacial score (nSPS) is 17.8. The third-order valence-electron chi connectivity index (χ3n) is 3.44. The lowest BCUT2D eigenvalue weighted by molar-refractivity contribution is 0.119. The molecule has 1 unspecified atom stereocenters. The number of halogens is 1. The van der Waals surface area contributed by atoms with Crippen molar-refractivity contribution in [2.45, 2.75) is 31.8 Å². The lowest BCUT2D eigenvalue weighted by Gasteiger charge is -2.15. The Morgan fingerprint density at radius 3 is 2.58 bits per heavy atom. The van der Waals surface area contributed by atoms with Crippen molar-refractivity contribution < 1.29 is 5.11 Å². The number of nitrogens with one attached hydrogen (secondary N) is 1. The topological polar surface area (TPSA) is 70.6 Å². The highest BCUT2D eigenvalue weighted by Crippen LogP contribution is 2.27. The van der Waals surface area contributed by atoms with Crippen molar-refractivity contribution in [2.75, 3.05) is 11.9 Å². The molecule has 0 aromatic heterocycles. The van der Waals surface area contributed by atoms with Gasteiger partial charge in [0, 0.05) is 5.69 Å². The van der Waals surface area contributed by atoms with Crippen LogP contribution in [0.5, 0.6) is 0 Å². The molecular weight excluding hydrogens is 353 g/mol.